The monoisotopic (exact) mass is 347 g/mol. The summed E-state index contributed by atoms with van der Waals surface area (Å²) in [7, 11) is 1.66. The van der Waals surface area contributed by atoms with Crippen LogP contribution in [0.15, 0.2) is 49.1 Å². The minimum atomic E-state index is -0.321. The predicted molar refractivity (Wildman–Crippen MR) is 99.4 cm³/mol. The standard InChI is InChI=1S/C19H17N5O2/c1-3-17(25)26-24(2)19-14-9-12(6-7-16(14)22-11-23-19)15-10-21-18-13(15)5-4-8-20-18/h4-11H,3H2,1-2H3,(H,20,21). The van der Waals surface area contributed by atoms with Crippen molar-refractivity contribution in [2.75, 3.05) is 12.1 Å². The Bertz CT molecular complexity index is 1110. The molecule has 4 aromatic rings. The van der Waals surface area contributed by atoms with E-state index in [9.17, 15) is 4.79 Å². The number of aromatic amines is 1. The number of carbonyl (C=O) groups is 1. The lowest BCUT2D eigenvalue weighted by Crippen LogP contribution is -2.23. The first-order valence-corrected chi connectivity index (χ1v) is 8.29. The molecular weight excluding hydrogens is 330 g/mol. The summed E-state index contributed by atoms with van der Waals surface area (Å²) in [6.07, 6.45) is 5.44. The molecule has 0 aliphatic carbocycles. The van der Waals surface area contributed by atoms with Crippen LogP contribution in [0, 0.1) is 0 Å². The third-order valence-electron chi connectivity index (χ3n) is 4.20. The first-order chi connectivity index (χ1) is 12.7. The van der Waals surface area contributed by atoms with E-state index in [0.29, 0.717) is 12.2 Å². The van der Waals surface area contributed by atoms with Crippen LogP contribution in [0.4, 0.5) is 5.82 Å². The average molecular weight is 347 g/mol. The van der Waals surface area contributed by atoms with E-state index in [2.05, 4.69) is 19.9 Å². The van der Waals surface area contributed by atoms with Gasteiger partial charge in [-0.25, -0.2) is 19.7 Å². The fourth-order valence-corrected chi connectivity index (χ4v) is 2.92. The molecule has 0 atom stereocenters. The molecule has 0 radical (unpaired) electrons. The lowest BCUT2D eigenvalue weighted by Gasteiger charge is -2.18. The maximum absolute atomic E-state index is 11.6. The Labute approximate surface area is 149 Å². The SMILES string of the molecule is CCC(=O)ON(C)c1ncnc2ccc(-c3c[nH]c4ncccc34)cc12. The van der Waals surface area contributed by atoms with E-state index in [1.807, 2.05) is 36.5 Å². The first-order valence-electron chi connectivity index (χ1n) is 8.29. The third-order valence-corrected chi connectivity index (χ3v) is 4.20. The molecule has 26 heavy (non-hydrogen) atoms. The zero-order valence-electron chi connectivity index (χ0n) is 14.4. The van der Waals surface area contributed by atoms with E-state index in [-0.39, 0.29) is 5.97 Å². The molecule has 0 aliphatic rings. The fraction of sp³-hybridized carbons (Fsp3) is 0.158. The van der Waals surface area contributed by atoms with Crippen molar-refractivity contribution >= 4 is 33.7 Å². The first kappa shape index (κ1) is 16.0. The van der Waals surface area contributed by atoms with Crippen molar-refractivity contribution in [2.45, 2.75) is 13.3 Å². The number of rotatable bonds is 4. The zero-order valence-corrected chi connectivity index (χ0v) is 14.4. The Morgan fingerprint density at radius 3 is 2.92 bits per heavy atom. The van der Waals surface area contributed by atoms with Gasteiger partial charge >= 0.3 is 5.97 Å². The molecule has 1 aromatic carbocycles. The minimum absolute atomic E-state index is 0.293. The smallest absolute Gasteiger partial charge is 0.332 e. The molecular formula is C19H17N5O2. The number of fused-ring (bicyclic) bond motifs is 2. The summed E-state index contributed by atoms with van der Waals surface area (Å²) < 4.78 is 0. The van der Waals surface area contributed by atoms with Gasteiger partial charge in [0.25, 0.3) is 0 Å². The number of benzene rings is 1. The van der Waals surface area contributed by atoms with Gasteiger partial charge in [-0.05, 0) is 29.8 Å². The molecule has 3 aromatic heterocycles. The largest absolute Gasteiger partial charge is 0.346 e. The van der Waals surface area contributed by atoms with Gasteiger partial charge in [-0.1, -0.05) is 13.0 Å². The van der Waals surface area contributed by atoms with Gasteiger partial charge in [0.05, 0.1) is 5.52 Å². The van der Waals surface area contributed by atoms with Crippen LogP contribution in [-0.2, 0) is 9.63 Å². The highest BCUT2D eigenvalue weighted by atomic mass is 16.7. The van der Waals surface area contributed by atoms with E-state index in [1.54, 1.807) is 20.2 Å². The summed E-state index contributed by atoms with van der Waals surface area (Å²) in [5.41, 5.74) is 3.65. The summed E-state index contributed by atoms with van der Waals surface area (Å²) in [6.45, 7) is 1.75. The highest BCUT2D eigenvalue weighted by Crippen LogP contribution is 2.32. The van der Waals surface area contributed by atoms with Crippen LogP contribution in [0.2, 0.25) is 0 Å². The molecule has 7 heteroatoms. The second-order valence-electron chi connectivity index (χ2n) is 5.85. The number of carbonyl (C=O) groups excluding carboxylic acids is 1. The van der Waals surface area contributed by atoms with Crippen LogP contribution >= 0.6 is 0 Å². The molecule has 0 unspecified atom stereocenters. The van der Waals surface area contributed by atoms with Gasteiger partial charge in [0, 0.05) is 42.2 Å². The zero-order chi connectivity index (χ0) is 18.1. The Hall–Kier alpha value is -3.48. The van der Waals surface area contributed by atoms with E-state index < -0.39 is 0 Å². The fourth-order valence-electron chi connectivity index (χ4n) is 2.92. The Morgan fingerprint density at radius 1 is 1.19 bits per heavy atom. The highest BCUT2D eigenvalue weighted by Gasteiger charge is 2.14. The molecule has 0 amide bonds. The Morgan fingerprint density at radius 2 is 2.08 bits per heavy atom. The second kappa shape index (κ2) is 6.44. The van der Waals surface area contributed by atoms with E-state index in [4.69, 9.17) is 4.84 Å². The third kappa shape index (κ3) is 2.73. The van der Waals surface area contributed by atoms with Crippen LogP contribution in [0.25, 0.3) is 33.1 Å². The Kier molecular flexibility index (Phi) is 3.96. The van der Waals surface area contributed by atoms with E-state index in [0.717, 1.165) is 33.1 Å². The van der Waals surface area contributed by atoms with Crippen LogP contribution in [0.5, 0.6) is 0 Å². The van der Waals surface area contributed by atoms with Crippen molar-refractivity contribution in [3.63, 3.8) is 0 Å². The molecule has 0 fully saturated rings. The summed E-state index contributed by atoms with van der Waals surface area (Å²) in [6, 6.07) is 9.87. The quantitative estimate of drug-likeness (QED) is 0.569. The average Bonchev–Trinajstić information content (AvgIpc) is 3.11. The number of nitrogens with one attached hydrogen (secondary N) is 1. The lowest BCUT2D eigenvalue weighted by atomic mass is 10.0. The van der Waals surface area contributed by atoms with Gasteiger partial charge in [0.15, 0.2) is 5.82 Å². The number of nitrogens with zero attached hydrogens (tertiary/aromatic N) is 4. The summed E-state index contributed by atoms with van der Waals surface area (Å²) in [5.74, 6) is 0.217. The number of hydrogen-bond acceptors (Lipinski definition) is 6. The molecule has 0 saturated carbocycles. The van der Waals surface area contributed by atoms with Crippen molar-refractivity contribution in [1.82, 2.24) is 19.9 Å². The molecule has 4 rings (SSSR count). The lowest BCUT2D eigenvalue weighted by molar-refractivity contribution is -0.144. The maximum Gasteiger partial charge on any atom is 0.332 e. The molecule has 0 saturated heterocycles. The molecule has 3 heterocycles. The molecule has 0 aliphatic heterocycles. The predicted octanol–water partition coefficient (Wildman–Crippen LogP) is 3.48. The van der Waals surface area contributed by atoms with Gasteiger partial charge < -0.3 is 9.82 Å². The normalized spacial score (nSPS) is 11.0. The number of H-pyrrole nitrogens is 1. The topological polar surface area (TPSA) is 84.0 Å². The molecule has 0 spiro atoms. The second-order valence-corrected chi connectivity index (χ2v) is 5.85. The van der Waals surface area contributed by atoms with Crippen LogP contribution in [0.1, 0.15) is 13.3 Å². The van der Waals surface area contributed by atoms with Gasteiger partial charge in [0.2, 0.25) is 0 Å². The van der Waals surface area contributed by atoms with Crippen molar-refractivity contribution in [1.29, 1.82) is 0 Å². The van der Waals surface area contributed by atoms with Crippen LogP contribution < -0.4 is 5.06 Å². The summed E-state index contributed by atoms with van der Waals surface area (Å²) in [5, 5.41) is 3.22. The van der Waals surface area contributed by atoms with Crippen molar-refractivity contribution < 1.29 is 9.63 Å². The summed E-state index contributed by atoms with van der Waals surface area (Å²) in [4.78, 5) is 33.0. The van der Waals surface area contributed by atoms with Crippen molar-refractivity contribution in [3.8, 4) is 11.1 Å². The number of aromatic nitrogens is 4. The molecule has 1 N–H and O–H groups in total. The molecule has 130 valence electrons. The van der Waals surface area contributed by atoms with Gasteiger partial charge in [-0.15, -0.1) is 0 Å². The van der Waals surface area contributed by atoms with Crippen LogP contribution in [0.3, 0.4) is 0 Å². The number of hydrogen-bond donors (Lipinski definition) is 1. The van der Waals surface area contributed by atoms with Gasteiger partial charge in [-0.2, -0.15) is 5.06 Å². The number of pyridine rings is 1. The van der Waals surface area contributed by atoms with Crippen LogP contribution in [-0.4, -0.2) is 33.0 Å². The summed E-state index contributed by atoms with van der Waals surface area (Å²) >= 11 is 0. The highest BCUT2D eigenvalue weighted by molar-refractivity contribution is 5.98. The van der Waals surface area contributed by atoms with E-state index >= 15 is 0 Å². The number of hydroxylamine groups is 1. The van der Waals surface area contributed by atoms with E-state index in [1.165, 1.54) is 11.4 Å². The van der Waals surface area contributed by atoms with Gasteiger partial charge in [-0.3, -0.25) is 0 Å². The Balaban J connectivity index is 1.84. The van der Waals surface area contributed by atoms with Crippen molar-refractivity contribution in [3.05, 3.63) is 49.1 Å². The molecule has 0 bridgehead atoms. The minimum Gasteiger partial charge on any atom is -0.346 e. The van der Waals surface area contributed by atoms with Gasteiger partial charge in [0.1, 0.15) is 12.0 Å². The maximum atomic E-state index is 11.6. The number of anilines is 1. The van der Waals surface area contributed by atoms with Crippen molar-refractivity contribution in [2.24, 2.45) is 0 Å². The molecule has 7 nitrogen and oxygen atoms in total.